The third-order valence-electron chi connectivity index (χ3n) is 1.55. The van der Waals surface area contributed by atoms with Gasteiger partial charge in [-0.2, -0.15) is 0 Å². The van der Waals surface area contributed by atoms with Gasteiger partial charge >= 0.3 is 0 Å². The van der Waals surface area contributed by atoms with E-state index in [2.05, 4.69) is 4.74 Å². The standard InChI is InChI=1S/C6H10O2.C5H10O2/c1-3-4-6(8)5(2)7;1-2-3-4-7-5-6/h3-4H2,1-2H3;5H,2-4H2,1H3. The minimum Gasteiger partial charge on any atom is -0.468 e. The predicted molar refractivity (Wildman–Crippen MR) is 57.5 cm³/mol. The summed E-state index contributed by atoms with van der Waals surface area (Å²) in [4.78, 5) is 30.0. The maximum atomic E-state index is 10.4. The highest BCUT2D eigenvalue weighted by molar-refractivity contribution is 6.36. The summed E-state index contributed by atoms with van der Waals surface area (Å²) in [5.74, 6) is -0.584. The van der Waals surface area contributed by atoms with Crippen LogP contribution in [0.3, 0.4) is 0 Å². The summed E-state index contributed by atoms with van der Waals surface area (Å²) in [7, 11) is 0. The smallest absolute Gasteiger partial charge is 0.293 e. The zero-order valence-electron chi connectivity index (χ0n) is 9.75. The molecule has 0 radical (unpaired) electrons. The third-order valence-corrected chi connectivity index (χ3v) is 1.55. The van der Waals surface area contributed by atoms with Crippen LogP contribution in [0.15, 0.2) is 0 Å². The lowest BCUT2D eigenvalue weighted by Gasteiger charge is -1.90. The van der Waals surface area contributed by atoms with Gasteiger partial charge in [-0.15, -0.1) is 0 Å². The van der Waals surface area contributed by atoms with Gasteiger partial charge in [-0.05, 0) is 12.8 Å². The Kier molecular flexibility index (Phi) is 13.9. The van der Waals surface area contributed by atoms with Gasteiger partial charge in [0.05, 0.1) is 6.61 Å². The Bertz CT molecular complexity index is 187. The fourth-order valence-electron chi connectivity index (χ4n) is 0.679. The number of rotatable bonds is 7. The number of carbonyl (C=O) groups excluding carboxylic acids is 3. The van der Waals surface area contributed by atoms with E-state index >= 15 is 0 Å². The molecule has 0 bridgehead atoms. The molecular formula is C11H20O4. The Morgan fingerprint density at radius 2 is 1.80 bits per heavy atom. The van der Waals surface area contributed by atoms with Crippen molar-refractivity contribution >= 4 is 18.0 Å². The lowest BCUT2D eigenvalue weighted by atomic mass is 10.2. The normalized spacial score (nSPS) is 8.47. The van der Waals surface area contributed by atoms with Crippen LogP contribution in [-0.4, -0.2) is 24.6 Å². The van der Waals surface area contributed by atoms with Crippen molar-refractivity contribution in [1.29, 1.82) is 0 Å². The van der Waals surface area contributed by atoms with Crippen LogP contribution >= 0.6 is 0 Å². The van der Waals surface area contributed by atoms with Crippen molar-refractivity contribution in [2.24, 2.45) is 0 Å². The van der Waals surface area contributed by atoms with Crippen LogP contribution in [-0.2, 0) is 19.1 Å². The highest BCUT2D eigenvalue weighted by Gasteiger charge is 2.03. The maximum absolute atomic E-state index is 10.4. The molecule has 15 heavy (non-hydrogen) atoms. The van der Waals surface area contributed by atoms with E-state index in [-0.39, 0.29) is 11.6 Å². The molecule has 0 aliphatic rings. The van der Waals surface area contributed by atoms with Gasteiger partial charge in [0.2, 0.25) is 0 Å². The molecule has 4 nitrogen and oxygen atoms in total. The fourth-order valence-corrected chi connectivity index (χ4v) is 0.679. The molecule has 0 amide bonds. The molecule has 4 heteroatoms. The Morgan fingerprint density at radius 3 is 2.07 bits per heavy atom. The quantitative estimate of drug-likeness (QED) is 0.370. The second kappa shape index (κ2) is 12.8. The van der Waals surface area contributed by atoms with E-state index in [9.17, 15) is 14.4 Å². The zero-order chi connectivity index (χ0) is 12.1. The predicted octanol–water partition coefficient (Wildman–Crippen LogP) is 1.90. The Balaban J connectivity index is 0. The van der Waals surface area contributed by atoms with E-state index in [1.807, 2.05) is 13.8 Å². The molecule has 0 atom stereocenters. The first-order chi connectivity index (χ1) is 7.09. The molecule has 0 aliphatic heterocycles. The summed E-state index contributed by atoms with van der Waals surface area (Å²) in [6.07, 6.45) is 3.21. The topological polar surface area (TPSA) is 60.4 Å². The number of ketones is 2. The number of carbonyl (C=O) groups is 3. The molecule has 0 heterocycles. The van der Waals surface area contributed by atoms with Crippen LogP contribution in [0, 0.1) is 0 Å². The van der Waals surface area contributed by atoms with Crippen molar-refractivity contribution < 1.29 is 19.1 Å². The molecule has 0 unspecified atom stereocenters. The summed E-state index contributed by atoms with van der Waals surface area (Å²) >= 11 is 0. The fraction of sp³-hybridized carbons (Fsp3) is 0.727. The average molecular weight is 216 g/mol. The van der Waals surface area contributed by atoms with Gasteiger partial charge in [-0.3, -0.25) is 14.4 Å². The van der Waals surface area contributed by atoms with E-state index in [0.29, 0.717) is 19.5 Å². The number of unbranched alkanes of at least 4 members (excludes halogenated alkanes) is 1. The van der Waals surface area contributed by atoms with Gasteiger partial charge in [-0.1, -0.05) is 20.3 Å². The van der Waals surface area contributed by atoms with Gasteiger partial charge in [0.1, 0.15) is 0 Å². The van der Waals surface area contributed by atoms with Crippen LogP contribution in [0.4, 0.5) is 0 Å². The van der Waals surface area contributed by atoms with E-state index in [1.165, 1.54) is 6.92 Å². The molecular weight excluding hydrogens is 196 g/mol. The first-order valence-corrected chi connectivity index (χ1v) is 5.19. The van der Waals surface area contributed by atoms with E-state index in [0.717, 1.165) is 19.3 Å². The van der Waals surface area contributed by atoms with Crippen LogP contribution < -0.4 is 0 Å². The van der Waals surface area contributed by atoms with E-state index in [1.54, 1.807) is 0 Å². The van der Waals surface area contributed by atoms with Gasteiger partial charge in [0, 0.05) is 13.3 Å². The van der Waals surface area contributed by atoms with Crippen molar-refractivity contribution in [3.8, 4) is 0 Å². The molecule has 0 saturated carbocycles. The third kappa shape index (κ3) is 15.6. The molecule has 0 rings (SSSR count). The highest BCUT2D eigenvalue weighted by atomic mass is 16.5. The number of hydrogen-bond donors (Lipinski definition) is 0. The van der Waals surface area contributed by atoms with Crippen LogP contribution in [0.25, 0.3) is 0 Å². The maximum Gasteiger partial charge on any atom is 0.293 e. The molecule has 0 aromatic heterocycles. The largest absolute Gasteiger partial charge is 0.468 e. The summed E-state index contributed by atoms with van der Waals surface area (Å²) in [5.41, 5.74) is 0. The second-order valence-electron chi connectivity index (χ2n) is 3.05. The first kappa shape index (κ1) is 16.2. The van der Waals surface area contributed by atoms with Crippen molar-refractivity contribution in [3.05, 3.63) is 0 Å². The van der Waals surface area contributed by atoms with Gasteiger partial charge in [0.15, 0.2) is 11.6 Å². The monoisotopic (exact) mass is 216 g/mol. The SMILES string of the molecule is CCCC(=O)C(C)=O.CCCCOC=O. The Hall–Kier alpha value is -1.19. The number of hydrogen-bond acceptors (Lipinski definition) is 4. The molecule has 0 N–H and O–H groups in total. The molecule has 0 aliphatic carbocycles. The Morgan fingerprint density at radius 1 is 1.20 bits per heavy atom. The van der Waals surface area contributed by atoms with Crippen LogP contribution in [0.5, 0.6) is 0 Å². The van der Waals surface area contributed by atoms with E-state index < -0.39 is 0 Å². The van der Waals surface area contributed by atoms with Gasteiger partial charge < -0.3 is 4.74 Å². The second-order valence-corrected chi connectivity index (χ2v) is 3.05. The van der Waals surface area contributed by atoms with Gasteiger partial charge in [0.25, 0.3) is 6.47 Å². The Labute approximate surface area is 91.0 Å². The molecule has 0 spiro atoms. The number of ether oxygens (including phenoxy) is 1. The van der Waals surface area contributed by atoms with E-state index in [4.69, 9.17) is 0 Å². The van der Waals surface area contributed by atoms with Crippen molar-refractivity contribution in [2.75, 3.05) is 6.61 Å². The van der Waals surface area contributed by atoms with Crippen molar-refractivity contribution in [2.45, 2.75) is 46.5 Å². The molecule has 88 valence electrons. The lowest BCUT2D eigenvalue weighted by Crippen LogP contribution is -2.07. The average Bonchev–Trinajstić information content (AvgIpc) is 2.20. The van der Waals surface area contributed by atoms with Crippen LogP contribution in [0.2, 0.25) is 0 Å². The minimum absolute atomic E-state index is 0.257. The van der Waals surface area contributed by atoms with Crippen LogP contribution in [0.1, 0.15) is 46.5 Å². The summed E-state index contributed by atoms with van der Waals surface area (Å²) in [6, 6.07) is 0. The lowest BCUT2D eigenvalue weighted by molar-refractivity contribution is -0.135. The molecule has 0 saturated heterocycles. The number of Topliss-reactive ketones (excluding diaryl/α,β-unsaturated/α-hetero) is 2. The molecule has 0 aromatic rings. The summed E-state index contributed by atoms with van der Waals surface area (Å²) < 4.78 is 4.39. The van der Waals surface area contributed by atoms with Gasteiger partial charge in [-0.25, -0.2) is 0 Å². The summed E-state index contributed by atoms with van der Waals surface area (Å²) in [6.45, 7) is 6.28. The van der Waals surface area contributed by atoms with Crippen molar-refractivity contribution in [1.82, 2.24) is 0 Å². The minimum atomic E-state index is -0.327. The molecule has 0 fully saturated rings. The molecule has 0 aromatic carbocycles. The van der Waals surface area contributed by atoms with Crippen molar-refractivity contribution in [3.63, 3.8) is 0 Å². The zero-order valence-corrected chi connectivity index (χ0v) is 9.75. The summed E-state index contributed by atoms with van der Waals surface area (Å²) in [5, 5.41) is 0. The first-order valence-electron chi connectivity index (χ1n) is 5.19. The highest BCUT2D eigenvalue weighted by Crippen LogP contribution is 1.88.